The average molecular weight is 306 g/mol. The molecule has 7 nitrogen and oxygen atoms in total. The minimum Gasteiger partial charge on any atom is -0.478 e. The Labute approximate surface area is 128 Å². The van der Waals surface area contributed by atoms with Crippen molar-refractivity contribution in [1.82, 2.24) is 4.90 Å². The molecule has 0 bridgehead atoms. The molecule has 0 aromatic carbocycles. The van der Waals surface area contributed by atoms with Crippen LogP contribution in [0.2, 0.25) is 0 Å². The minimum atomic E-state index is -1.07. The normalized spacial score (nSPS) is 16.8. The number of aromatic carboxylic acids is 1. The predicted octanol–water partition coefficient (Wildman–Crippen LogP) is 1.56. The molecule has 1 aromatic heterocycles. The van der Waals surface area contributed by atoms with Gasteiger partial charge in [-0.05, 0) is 25.8 Å². The molecule has 1 aromatic rings. The zero-order valence-electron chi connectivity index (χ0n) is 12.6. The molecule has 1 amide bonds. The summed E-state index contributed by atoms with van der Waals surface area (Å²) >= 11 is 0. The van der Waals surface area contributed by atoms with Crippen LogP contribution in [0.4, 0.5) is 0 Å². The van der Waals surface area contributed by atoms with Crippen molar-refractivity contribution in [1.29, 1.82) is 5.26 Å². The molecule has 1 N–H and O–H groups in total. The highest BCUT2D eigenvalue weighted by Crippen LogP contribution is 2.32. The Morgan fingerprint density at radius 2 is 2.09 bits per heavy atom. The maximum atomic E-state index is 12.6. The molecule has 0 unspecified atom stereocenters. The van der Waals surface area contributed by atoms with E-state index >= 15 is 0 Å². The predicted molar refractivity (Wildman–Crippen MR) is 75.0 cm³/mol. The van der Waals surface area contributed by atoms with Crippen LogP contribution in [0, 0.1) is 23.7 Å². The lowest BCUT2D eigenvalue weighted by atomic mass is 9.80. The number of nitrogens with zero attached hydrogens (tertiary/aromatic N) is 2. The summed E-state index contributed by atoms with van der Waals surface area (Å²) in [4.78, 5) is 25.0. The van der Waals surface area contributed by atoms with Gasteiger partial charge in [-0.1, -0.05) is 0 Å². The molecule has 2 rings (SSSR count). The minimum absolute atomic E-state index is 0.0805. The molecule has 0 atom stereocenters. The molecule has 1 fully saturated rings. The van der Waals surface area contributed by atoms with Gasteiger partial charge in [0.1, 0.15) is 22.5 Å². The number of nitriles is 1. The third-order valence-electron chi connectivity index (χ3n) is 3.91. The number of carboxylic acid groups (broad SMARTS) is 1. The first-order valence-electron chi connectivity index (χ1n) is 6.97. The highest BCUT2D eigenvalue weighted by Gasteiger charge is 2.42. The van der Waals surface area contributed by atoms with Crippen LogP contribution in [0.15, 0.2) is 10.5 Å². The van der Waals surface area contributed by atoms with Gasteiger partial charge in [0.15, 0.2) is 0 Å². The molecule has 1 aliphatic heterocycles. The molecule has 0 radical (unpaired) electrons. The van der Waals surface area contributed by atoms with Crippen molar-refractivity contribution in [2.24, 2.45) is 5.41 Å². The van der Waals surface area contributed by atoms with E-state index in [1.54, 1.807) is 14.0 Å². The van der Waals surface area contributed by atoms with Crippen LogP contribution >= 0.6 is 0 Å². The SMILES string of the molecule is Cc1oc(CN(C)C(=O)C2(C#N)CCOCC2)cc1C(=O)O. The first-order chi connectivity index (χ1) is 10.4. The second-order valence-corrected chi connectivity index (χ2v) is 5.46. The van der Waals surface area contributed by atoms with Crippen molar-refractivity contribution in [2.45, 2.75) is 26.3 Å². The van der Waals surface area contributed by atoms with Crippen molar-refractivity contribution in [3.05, 3.63) is 23.2 Å². The van der Waals surface area contributed by atoms with Gasteiger partial charge >= 0.3 is 5.97 Å². The molecule has 22 heavy (non-hydrogen) atoms. The second-order valence-electron chi connectivity index (χ2n) is 5.46. The number of aryl methyl sites for hydroxylation is 1. The monoisotopic (exact) mass is 306 g/mol. The van der Waals surface area contributed by atoms with Gasteiger partial charge < -0.3 is 19.2 Å². The highest BCUT2D eigenvalue weighted by molar-refractivity contribution is 5.89. The molecule has 0 spiro atoms. The number of amides is 1. The Morgan fingerprint density at radius 1 is 1.45 bits per heavy atom. The Balaban J connectivity index is 2.13. The van der Waals surface area contributed by atoms with Crippen molar-refractivity contribution in [3.8, 4) is 6.07 Å². The van der Waals surface area contributed by atoms with Gasteiger partial charge in [-0.3, -0.25) is 4.79 Å². The van der Waals surface area contributed by atoms with E-state index in [-0.39, 0.29) is 18.0 Å². The number of rotatable bonds is 4. The van der Waals surface area contributed by atoms with Gasteiger partial charge in [0, 0.05) is 20.3 Å². The number of ether oxygens (including phenoxy) is 1. The van der Waals surface area contributed by atoms with Crippen molar-refractivity contribution < 1.29 is 23.8 Å². The van der Waals surface area contributed by atoms with E-state index < -0.39 is 11.4 Å². The number of carboxylic acids is 1. The van der Waals surface area contributed by atoms with E-state index in [1.807, 2.05) is 0 Å². The molecule has 1 aliphatic rings. The quantitative estimate of drug-likeness (QED) is 0.905. The van der Waals surface area contributed by atoms with Gasteiger partial charge in [-0.2, -0.15) is 5.26 Å². The van der Waals surface area contributed by atoms with Gasteiger partial charge in [0.05, 0.1) is 12.6 Å². The maximum absolute atomic E-state index is 12.6. The van der Waals surface area contributed by atoms with Gasteiger partial charge in [-0.25, -0.2) is 4.79 Å². The van der Waals surface area contributed by atoms with E-state index in [4.69, 9.17) is 14.3 Å². The van der Waals surface area contributed by atoms with Crippen LogP contribution in [0.25, 0.3) is 0 Å². The van der Waals surface area contributed by atoms with E-state index in [0.717, 1.165) is 0 Å². The summed E-state index contributed by atoms with van der Waals surface area (Å²) in [7, 11) is 1.58. The van der Waals surface area contributed by atoms with E-state index in [2.05, 4.69) is 6.07 Å². The Kier molecular flexibility index (Phi) is 4.52. The first kappa shape index (κ1) is 16.0. The lowest BCUT2D eigenvalue weighted by Crippen LogP contribution is -2.44. The fraction of sp³-hybridized carbons (Fsp3) is 0.533. The zero-order chi connectivity index (χ0) is 16.3. The topological polar surface area (TPSA) is 104 Å². The summed E-state index contributed by atoms with van der Waals surface area (Å²) < 4.78 is 10.6. The van der Waals surface area contributed by atoms with Crippen LogP contribution in [-0.4, -0.2) is 42.1 Å². The molecule has 7 heteroatoms. The second kappa shape index (κ2) is 6.20. The highest BCUT2D eigenvalue weighted by atomic mass is 16.5. The summed E-state index contributed by atoms with van der Waals surface area (Å²) in [5.41, 5.74) is -0.985. The molecular formula is C15H18N2O5. The summed E-state index contributed by atoms with van der Waals surface area (Å²) in [5, 5.41) is 18.4. The summed E-state index contributed by atoms with van der Waals surface area (Å²) in [5.74, 6) is -0.682. The van der Waals surface area contributed by atoms with E-state index in [1.165, 1.54) is 11.0 Å². The Hall–Kier alpha value is -2.33. The number of carbonyl (C=O) groups is 2. The largest absolute Gasteiger partial charge is 0.478 e. The summed E-state index contributed by atoms with van der Waals surface area (Å²) in [6.45, 7) is 2.45. The molecule has 118 valence electrons. The van der Waals surface area contributed by atoms with Gasteiger partial charge in [-0.15, -0.1) is 0 Å². The number of hydrogen-bond acceptors (Lipinski definition) is 5. The first-order valence-corrected chi connectivity index (χ1v) is 6.97. The van der Waals surface area contributed by atoms with Crippen LogP contribution < -0.4 is 0 Å². The molecule has 0 aliphatic carbocycles. The van der Waals surface area contributed by atoms with E-state index in [0.29, 0.717) is 37.6 Å². The molecule has 1 saturated heterocycles. The lowest BCUT2D eigenvalue weighted by Gasteiger charge is -2.32. The maximum Gasteiger partial charge on any atom is 0.339 e. The number of hydrogen-bond donors (Lipinski definition) is 1. The number of carbonyl (C=O) groups excluding carboxylic acids is 1. The zero-order valence-corrected chi connectivity index (χ0v) is 12.6. The number of furan rings is 1. The van der Waals surface area contributed by atoms with Crippen LogP contribution in [-0.2, 0) is 16.1 Å². The Morgan fingerprint density at radius 3 is 2.59 bits per heavy atom. The fourth-order valence-electron chi connectivity index (χ4n) is 2.60. The molecule has 2 heterocycles. The van der Waals surface area contributed by atoms with Crippen molar-refractivity contribution in [2.75, 3.05) is 20.3 Å². The van der Waals surface area contributed by atoms with Crippen LogP contribution in [0.3, 0.4) is 0 Å². The van der Waals surface area contributed by atoms with Crippen LogP contribution in [0.5, 0.6) is 0 Å². The van der Waals surface area contributed by atoms with Crippen molar-refractivity contribution >= 4 is 11.9 Å². The molecule has 0 saturated carbocycles. The summed E-state index contributed by atoms with van der Waals surface area (Å²) in [6.07, 6.45) is 0.731. The lowest BCUT2D eigenvalue weighted by molar-refractivity contribution is -0.142. The standard InChI is InChI=1S/C15H18N2O5/c1-10-12(13(18)19)7-11(22-10)8-17(2)14(20)15(9-16)3-5-21-6-4-15/h7H,3-6,8H2,1-2H3,(H,18,19). The van der Waals surface area contributed by atoms with Crippen LogP contribution in [0.1, 0.15) is 34.7 Å². The van der Waals surface area contributed by atoms with Gasteiger partial charge in [0.2, 0.25) is 5.91 Å². The third-order valence-corrected chi connectivity index (χ3v) is 3.91. The third kappa shape index (κ3) is 2.97. The smallest absolute Gasteiger partial charge is 0.339 e. The van der Waals surface area contributed by atoms with Gasteiger partial charge in [0.25, 0.3) is 0 Å². The average Bonchev–Trinajstić information content (AvgIpc) is 2.87. The van der Waals surface area contributed by atoms with E-state index in [9.17, 15) is 14.9 Å². The fourth-order valence-corrected chi connectivity index (χ4v) is 2.60. The molecular weight excluding hydrogens is 288 g/mol. The Bertz CT molecular complexity index is 622. The van der Waals surface area contributed by atoms with Crippen molar-refractivity contribution in [3.63, 3.8) is 0 Å². The summed E-state index contributed by atoms with van der Waals surface area (Å²) in [6, 6.07) is 3.53.